The zero-order valence-corrected chi connectivity index (χ0v) is 31.7. The number of esters is 1. The lowest BCUT2D eigenvalue weighted by molar-refractivity contribution is -0.989. The third kappa shape index (κ3) is 7.64. The first-order valence-electron chi connectivity index (χ1n) is 20.5. The van der Waals surface area contributed by atoms with Crippen LogP contribution in [0.4, 0.5) is 0 Å². The molecule has 0 aromatic heterocycles. The van der Waals surface area contributed by atoms with Gasteiger partial charge in [0.15, 0.2) is 11.5 Å². The van der Waals surface area contributed by atoms with Crippen molar-refractivity contribution in [2.45, 2.75) is 127 Å². The van der Waals surface area contributed by atoms with E-state index in [4.69, 9.17) is 9.47 Å². The second-order valence-corrected chi connectivity index (χ2v) is 16.3. The molecule has 1 saturated carbocycles. The molecular formula is C46H59N2O5+. The summed E-state index contributed by atoms with van der Waals surface area (Å²) < 4.78 is 12.8. The largest absolute Gasteiger partial charge is 0.508 e. The molecule has 3 aromatic rings. The lowest BCUT2D eigenvalue weighted by Crippen LogP contribution is -2.76. The SMILES string of the molecule is C=CC[N+]1(NC(=O)C(CCCCCCCCCc2ccccc2)CCc2ccccc2)CC[C@]23c4c5c(O)cc(OC(C)=O)c4O[C@H]2CCC[C@H]3[C@H]1C5. The summed E-state index contributed by atoms with van der Waals surface area (Å²) in [5.74, 6) is 1.04. The molecule has 1 saturated heterocycles. The van der Waals surface area contributed by atoms with Gasteiger partial charge in [-0.3, -0.25) is 9.59 Å². The van der Waals surface area contributed by atoms with E-state index in [0.717, 1.165) is 81.9 Å². The van der Waals surface area contributed by atoms with Crippen molar-refractivity contribution in [2.75, 3.05) is 13.1 Å². The Balaban J connectivity index is 1.04. The number of benzene rings is 3. The van der Waals surface area contributed by atoms with Gasteiger partial charge in [-0.25, -0.2) is 10.0 Å². The quantitative estimate of drug-likeness (QED) is 0.0451. The van der Waals surface area contributed by atoms with Gasteiger partial charge < -0.3 is 14.6 Å². The Morgan fingerprint density at radius 2 is 1.64 bits per heavy atom. The van der Waals surface area contributed by atoms with Crippen molar-refractivity contribution in [1.29, 1.82) is 0 Å². The molecule has 2 heterocycles. The number of phenols is 1. The van der Waals surface area contributed by atoms with Gasteiger partial charge in [-0.15, -0.1) is 0 Å². The molecule has 2 N–H and O–H groups in total. The maximum atomic E-state index is 14.6. The van der Waals surface area contributed by atoms with E-state index >= 15 is 0 Å². The Bertz CT molecular complexity index is 1740. The van der Waals surface area contributed by atoms with Gasteiger partial charge >= 0.3 is 5.97 Å². The van der Waals surface area contributed by atoms with Gasteiger partial charge in [-0.1, -0.05) is 106 Å². The smallest absolute Gasteiger partial charge is 0.308 e. The van der Waals surface area contributed by atoms with E-state index in [2.05, 4.69) is 66.6 Å². The molecule has 6 atom stereocenters. The number of hydrogen-bond acceptors (Lipinski definition) is 5. The Labute approximate surface area is 316 Å². The monoisotopic (exact) mass is 719 g/mol. The normalized spacial score (nSPS) is 25.5. The van der Waals surface area contributed by atoms with Crippen LogP contribution in [0.5, 0.6) is 17.2 Å². The van der Waals surface area contributed by atoms with Gasteiger partial charge in [0.2, 0.25) is 0 Å². The Kier molecular flexibility index (Phi) is 11.6. The molecule has 2 bridgehead atoms. The van der Waals surface area contributed by atoms with Crippen LogP contribution in [-0.2, 0) is 34.3 Å². The van der Waals surface area contributed by atoms with E-state index in [9.17, 15) is 14.7 Å². The Hall–Kier alpha value is -4.10. The number of ether oxygens (including phenoxy) is 2. The number of rotatable bonds is 18. The molecule has 1 amide bonds. The van der Waals surface area contributed by atoms with Crippen LogP contribution in [0.2, 0.25) is 0 Å². The molecular weight excluding hydrogens is 661 g/mol. The highest BCUT2D eigenvalue weighted by molar-refractivity contribution is 5.77. The minimum atomic E-state index is -0.425. The molecule has 7 heteroatoms. The minimum absolute atomic E-state index is 0.0296. The number of carbonyl (C=O) groups is 2. The second-order valence-electron chi connectivity index (χ2n) is 16.3. The number of hydrogen-bond donors (Lipinski definition) is 2. The van der Waals surface area contributed by atoms with Crippen LogP contribution in [0.1, 0.15) is 113 Å². The van der Waals surface area contributed by atoms with Crippen LogP contribution in [-0.4, -0.2) is 46.8 Å². The maximum Gasteiger partial charge on any atom is 0.308 e. The van der Waals surface area contributed by atoms with Crippen LogP contribution < -0.4 is 14.9 Å². The highest BCUT2D eigenvalue weighted by Crippen LogP contribution is 2.66. The molecule has 3 aromatic carbocycles. The zero-order chi connectivity index (χ0) is 36.8. The van der Waals surface area contributed by atoms with Crippen LogP contribution in [0.3, 0.4) is 0 Å². The molecule has 282 valence electrons. The zero-order valence-electron chi connectivity index (χ0n) is 31.7. The second kappa shape index (κ2) is 16.5. The highest BCUT2D eigenvalue weighted by atomic mass is 16.6. The van der Waals surface area contributed by atoms with Crippen LogP contribution in [0, 0.1) is 11.8 Å². The first-order chi connectivity index (χ1) is 25.8. The summed E-state index contributed by atoms with van der Waals surface area (Å²) in [6, 6.07) is 23.0. The number of amides is 1. The summed E-state index contributed by atoms with van der Waals surface area (Å²) >= 11 is 0. The molecule has 1 spiro atoms. The van der Waals surface area contributed by atoms with Crippen LogP contribution in [0.15, 0.2) is 79.4 Å². The van der Waals surface area contributed by atoms with Crippen molar-refractivity contribution < 1.29 is 28.8 Å². The van der Waals surface area contributed by atoms with Gasteiger partial charge in [0.05, 0.1) is 5.41 Å². The van der Waals surface area contributed by atoms with Crippen molar-refractivity contribution >= 4 is 11.9 Å². The summed E-state index contributed by atoms with van der Waals surface area (Å²) in [7, 11) is 0. The molecule has 53 heavy (non-hydrogen) atoms. The lowest BCUT2D eigenvalue weighted by Gasteiger charge is -2.60. The van der Waals surface area contributed by atoms with Crippen LogP contribution in [0.25, 0.3) is 0 Å². The van der Waals surface area contributed by atoms with Crippen molar-refractivity contribution in [3.05, 3.63) is 102 Å². The van der Waals surface area contributed by atoms with Crippen molar-refractivity contribution in [2.24, 2.45) is 11.8 Å². The van der Waals surface area contributed by atoms with E-state index in [1.165, 1.54) is 50.2 Å². The standard InChI is InChI=1S/C46H58N2O5/c1-3-29-48(30-28-46-38-24-17-25-42(46)53-44-41(52-33(2)49)32-40(50)37(43(44)46)31-39(38)48)47-45(51)36(27-26-35-21-14-10-15-22-35)23-16-8-6-4-5-7-11-18-34-19-12-9-13-20-34/h3,9-10,12-15,19-22,32,36,38-39,42H,1,4-8,11,16-18,23-31H2,2H3,(H-,47,50,51)/p+1/t36?,38-,39+,42-,46+,48?/m0/s1. The van der Waals surface area contributed by atoms with Crippen molar-refractivity contribution in [3.63, 3.8) is 0 Å². The summed E-state index contributed by atoms with van der Waals surface area (Å²) in [4.78, 5) is 26.7. The average molecular weight is 720 g/mol. The fraction of sp³-hybridized carbons (Fsp3) is 0.522. The number of likely N-dealkylation sites (tertiary alicyclic amines) is 1. The molecule has 7 rings (SSSR count). The highest BCUT2D eigenvalue weighted by Gasteiger charge is 2.69. The number of quaternary nitrogens is 1. The molecule has 4 aliphatic rings. The predicted octanol–water partition coefficient (Wildman–Crippen LogP) is 9.09. The Morgan fingerprint density at radius 3 is 2.34 bits per heavy atom. The number of aryl methyl sites for hydroxylation is 2. The van der Waals surface area contributed by atoms with E-state index in [1.807, 2.05) is 12.1 Å². The minimum Gasteiger partial charge on any atom is -0.508 e. The number of nitrogens with one attached hydrogen (secondary N) is 1. The third-order valence-corrected chi connectivity index (χ3v) is 13.1. The number of carbonyl (C=O) groups excluding carboxylic acids is 2. The van der Waals surface area contributed by atoms with E-state index in [1.54, 1.807) is 6.07 Å². The number of phenolic OH excluding ortho intramolecular Hbond substituents is 1. The van der Waals surface area contributed by atoms with Crippen molar-refractivity contribution in [3.8, 4) is 17.2 Å². The van der Waals surface area contributed by atoms with Gasteiger partial charge in [0.1, 0.15) is 31.0 Å². The fourth-order valence-corrected chi connectivity index (χ4v) is 10.7. The summed E-state index contributed by atoms with van der Waals surface area (Å²) in [5, 5.41) is 11.5. The number of piperidine rings is 1. The molecule has 0 radical (unpaired) electrons. The van der Waals surface area contributed by atoms with Gasteiger partial charge in [0.25, 0.3) is 5.91 Å². The molecule has 2 unspecified atom stereocenters. The molecule has 7 nitrogen and oxygen atoms in total. The molecule has 2 aliphatic heterocycles. The lowest BCUT2D eigenvalue weighted by atomic mass is 9.51. The van der Waals surface area contributed by atoms with Crippen LogP contribution >= 0.6 is 0 Å². The number of nitrogens with zero attached hydrogens (tertiary/aromatic N) is 1. The fourth-order valence-electron chi connectivity index (χ4n) is 10.7. The topological polar surface area (TPSA) is 84.9 Å². The maximum absolute atomic E-state index is 14.6. The molecule has 2 fully saturated rings. The Morgan fingerprint density at radius 1 is 0.962 bits per heavy atom. The summed E-state index contributed by atoms with van der Waals surface area (Å²) in [6.45, 7) is 6.98. The van der Waals surface area contributed by atoms with E-state index in [0.29, 0.717) is 29.1 Å². The predicted molar refractivity (Wildman–Crippen MR) is 209 cm³/mol. The summed E-state index contributed by atoms with van der Waals surface area (Å²) in [5.41, 5.74) is 8.08. The molecule has 2 aliphatic carbocycles. The van der Waals surface area contributed by atoms with Gasteiger partial charge in [-0.05, 0) is 68.6 Å². The third-order valence-electron chi connectivity index (χ3n) is 13.1. The van der Waals surface area contributed by atoms with Gasteiger partial charge in [-0.2, -0.15) is 0 Å². The van der Waals surface area contributed by atoms with Crippen molar-refractivity contribution in [1.82, 2.24) is 5.43 Å². The summed E-state index contributed by atoms with van der Waals surface area (Å²) in [6.07, 6.45) is 18.6. The van der Waals surface area contributed by atoms with E-state index in [-0.39, 0.29) is 41.1 Å². The number of unbranched alkanes of at least 4 members (excludes halogenated alkanes) is 6. The van der Waals surface area contributed by atoms with Gasteiger partial charge in [0, 0.05) is 48.8 Å². The first-order valence-corrected chi connectivity index (χ1v) is 20.5. The van der Waals surface area contributed by atoms with E-state index < -0.39 is 5.97 Å². The average Bonchev–Trinajstić information content (AvgIpc) is 3.50. The first kappa shape index (κ1) is 37.2. The number of aromatic hydroxyl groups is 1.